The molecule has 4 aromatic rings. The van der Waals surface area contributed by atoms with Gasteiger partial charge >= 0.3 is 12.0 Å². The van der Waals surface area contributed by atoms with Crippen LogP contribution in [0.2, 0.25) is 5.02 Å². The zero-order valence-corrected chi connectivity index (χ0v) is 45.1. The number of carbonyl (C=O) groups is 2. The minimum atomic E-state index is -0.885. The highest BCUT2D eigenvalue weighted by atomic mass is 35.5. The molecule has 4 atom stereocenters. The number of likely N-dealkylation sites (tertiary alicyclic amines) is 2. The van der Waals surface area contributed by atoms with Crippen LogP contribution in [0.1, 0.15) is 48.2 Å². The number of anilines is 4. The van der Waals surface area contributed by atoms with Gasteiger partial charge in [-0.2, -0.15) is 19.9 Å². The van der Waals surface area contributed by atoms with Gasteiger partial charge in [-0.3, -0.25) is 9.59 Å². The Kier molecular flexibility index (Phi) is 17.9. The number of ether oxygens (including phenoxy) is 2. The largest absolute Gasteiger partial charge is 0.462 e. The Morgan fingerprint density at radius 1 is 0.641 bits per heavy atom. The fourth-order valence-corrected chi connectivity index (χ4v) is 11.7. The van der Waals surface area contributed by atoms with Gasteiger partial charge in [0, 0.05) is 75.6 Å². The van der Waals surface area contributed by atoms with Crippen LogP contribution in [-0.4, -0.2) is 181 Å². The SMILES string of the molecule is [C-]#[N+]C[C@H]1CN(c2nc(OC[C@@H]3CCCN3C)nc3c2CCN(c2cccc(F)c2Cl)C3)CCN1C(=O)C=C.[C-]#[N+]C[C@H]1CN(c2nc(OC[C@@H]3CCCN3C)nc3c2CCN(c2cccc(F)c2F)C3)CCN1C(=O)C=C. The number of likely N-dealkylation sites (N-methyl/N-ethyl adjacent to an activating group) is 2. The summed E-state index contributed by atoms with van der Waals surface area (Å²) in [5, 5.41) is 0.0981. The Balaban J connectivity index is 0.000000190. The number of benzene rings is 2. The summed E-state index contributed by atoms with van der Waals surface area (Å²) in [6.45, 7) is 30.2. The summed E-state index contributed by atoms with van der Waals surface area (Å²) < 4.78 is 55.1. The van der Waals surface area contributed by atoms with Gasteiger partial charge in [-0.25, -0.2) is 26.3 Å². The predicted molar refractivity (Wildman–Crippen MR) is 292 cm³/mol. The molecule has 0 aliphatic carbocycles. The Hall–Kier alpha value is -7.20. The first-order valence-corrected chi connectivity index (χ1v) is 27.0. The van der Waals surface area contributed by atoms with Gasteiger partial charge in [-0.05, 0) is 102 Å². The molecule has 10 rings (SSSR count). The predicted octanol–water partition coefficient (Wildman–Crippen LogP) is 6.34. The second kappa shape index (κ2) is 25.1. The molecule has 0 saturated carbocycles. The van der Waals surface area contributed by atoms with Gasteiger partial charge in [0.2, 0.25) is 24.9 Å². The Morgan fingerprint density at radius 2 is 1.10 bits per heavy atom. The highest BCUT2D eigenvalue weighted by molar-refractivity contribution is 6.33. The van der Waals surface area contributed by atoms with Gasteiger partial charge in [0.15, 0.2) is 11.6 Å². The zero-order chi connectivity index (χ0) is 55.0. The van der Waals surface area contributed by atoms with Crippen LogP contribution < -0.4 is 29.1 Å². The highest BCUT2D eigenvalue weighted by Gasteiger charge is 2.38. The van der Waals surface area contributed by atoms with E-state index in [0.717, 1.165) is 73.3 Å². The quantitative estimate of drug-likeness (QED) is 0.103. The second-order valence-electron chi connectivity index (χ2n) is 20.5. The number of rotatable bonds is 14. The third-order valence-corrected chi connectivity index (χ3v) is 16.2. The molecule has 4 saturated heterocycles. The van der Waals surface area contributed by atoms with Gasteiger partial charge in [0.05, 0.1) is 40.9 Å². The van der Waals surface area contributed by atoms with Crippen molar-refractivity contribution in [2.45, 2.75) is 75.8 Å². The van der Waals surface area contributed by atoms with E-state index in [2.05, 4.69) is 56.5 Å². The summed E-state index contributed by atoms with van der Waals surface area (Å²) in [5.74, 6) is -1.07. The summed E-state index contributed by atoms with van der Waals surface area (Å²) in [4.78, 5) is 67.3. The molecule has 22 heteroatoms. The zero-order valence-electron chi connectivity index (χ0n) is 44.3. The molecule has 2 aromatic heterocycles. The van der Waals surface area contributed by atoms with E-state index in [1.807, 2.05) is 11.0 Å². The number of nitrogens with zero attached hydrogens (tertiary/aromatic N) is 14. The van der Waals surface area contributed by atoms with Crippen molar-refractivity contribution >= 4 is 46.4 Å². The van der Waals surface area contributed by atoms with E-state index >= 15 is 0 Å². The van der Waals surface area contributed by atoms with Gasteiger partial charge in [0.1, 0.15) is 42.8 Å². The Labute approximate surface area is 459 Å². The molecule has 6 aliphatic heterocycles. The molecule has 18 nitrogen and oxygen atoms in total. The number of fused-ring (bicyclic) bond motifs is 2. The summed E-state index contributed by atoms with van der Waals surface area (Å²) in [7, 11) is 4.18. The summed E-state index contributed by atoms with van der Waals surface area (Å²) in [5.41, 5.74) is 4.28. The standard InChI is InChI=1S/C28H33ClFN7O2.C28H33F2N7O2/c1-4-25(38)37-14-13-36(16-20(37)15-31-2)27-21-10-12-35(24-9-5-8-22(30)26(24)29)17-23(21)32-28(33-27)39-18-19-7-6-11-34(19)3;1-4-25(38)37-14-13-36(16-20(37)15-31-2)27-21-10-12-35(24-9-5-8-22(29)26(24)30)17-23(21)32-28(33-27)39-18-19-7-6-11-34(19)3/h2*4-5,8-9,19-20H,1,6-7,10-18H2,3H3/t2*19-,20-/m00/s1. The van der Waals surface area contributed by atoms with Crippen LogP contribution in [0, 0.1) is 30.6 Å². The maximum Gasteiger partial charge on any atom is 0.318 e. The van der Waals surface area contributed by atoms with Crippen molar-refractivity contribution in [1.82, 2.24) is 39.5 Å². The molecule has 78 heavy (non-hydrogen) atoms. The second-order valence-corrected chi connectivity index (χ2v) is 20.9. The number of piperazine rings is 2. The number of hydrogen-bond donors (Lipinski definition) is 0. The lowest BCUT2D eigenvalue weighted by molar-refractivity contribution is -0.129. The molecule has 0 bridgehead atoms. The normalized spacial score (nSPS) is 21.4. The number of halogens is 4. The van der Waals surface area contributed by atoms with Crippen molar-refractivity contribution in [2.24, 2.45) is 0 Å². The number of hydrogen-bond acceptors (Lipinski definition) is 14. The van der Waals surface area contributed by atoms with E-state index in [-0.39, 0.29) is 66.3 Å². The van der Waals surface area contributed by atoms with Crippen molar-refractivity contribution in [3.8, 4) is 12.0 Å². The van der Waals surface area contributed by atoms with Crippen molar-refractivity contribution in [3.63, 3.8) is 0 Å². The molecule has 0 unspecified atom stereocenters. The molecule has 0 radical (unpaired) electrons. The third kappa shape index (κ3) is 12.2. The van der Waals surface area contributed by atoms with E-state index in [1.165, 1.54) is 24.3 Å². The smallest absolute Gasteiger partial charge is 0.318 e. The summed E-state index contributed by atoms with van der Waals surface area (Å²) >= 11 is 6.32. The molecule has 2 amide bonds. The van der Waals surface area contributed by atoms with Gasteiger partial charge in [-0.1, -0.05) is 36.9 Å². The topological polar surface area (TPSA) is 139 Å². The number of carbonyl (C=O) groups excluding carboxylic acids is 2. The molecular formula is C56H66ClF3N14O4. The first-order chi connectivity index (χ1) is 37.8. The Bertz CT molecular complexity index is 2760. The lowest BCUT2D eigenvalue weighted by Gasteiger charge is -2.41. The van der Waals surface area contributed by atoms with Crippen LogP contribution in [0.3, 0.4) is 0 Å². The minimum Gasteiger partial charge on any atom is -0.462 e. The van der Waals surface area contributed by atoms with Gasteiger partial charge in [0.25, 0.3) is 0 Å². The molecular weight excluding hydrogens is 1030 g/mol. The van der Waals surface area contributed by atoms with Crippen molar-refractivity contribution in [3.05, 3.63) is 130 Å². The summed E-state index contributed by atoms with van der Waals surface area (Å²) in [6, 6.07) is 9.59. The highest BCUT2D eigenvalue weighted by Crippen LogP contribution is 2.37. The third-order valence-electron chi connectivity index (χ3n) is 15.8. The van der Waals surface area contributed by atoms with Crippen LogP contribution in [0.15, 0.2) is 61.7 Å². The maximum absolute atomic E-state index is 14.6. The van der Waals surface area contributed by atoms with Crippen LogP contribution in [0.5, 0.6) is 12.0 Å². The molecule has 0 spiro atoms. The van der Waals surface area contributed by atoms with E-state index in [4.69, 9.17) is 54.2 Å². The fourth-order valence-electron chi connectivity index (χ4n) is 11.5. The van der Waals surface area contributed by atoms with Crippen molar-refractivity contribution < 1.29 is 32.2 Å². The average Bonchev–Trinajstić information content (AvgIpc) is 4.18. The summed E-state index contributed by atoms with van der Waals surface area (Å²) in [6.07, 6.45) is 8.12. The van der Waals surface area contributed by atoms with E-state index in [1.54, 1.807) is 26.8 Å². The fraction of sp³-hybridized carbons (Fsp3) is 0.500. The molecule has 8 heterocycles. The molecule has 0 N–H and O–H groups in total. The van der Waals surface area contributed by atoms with Crippen LogP contribution in [-0.2, 0) is 35.5 Å². The first kappa shape index (κ1) is 55.6. The van der Waals surface area contributed by atoms with E-state index in [0.29, 0.717) is 108 Å². The van der Waals surface area contributed by atoms with E-state index in [9.17, 15) is 22.8 Å². The van der Waals surface area contributed by atoms with E-state index < -0.39 is 17.5 Å². The monoisotopic (exact) mass is 1090 g/mol. The average molecular weight is 1090 g/mol. The maximum atomic E-state index is 14.6. The lowest BCUT2D eigenvalue weighted by Crippen LogP contribution is -2.56. The lowest BCUT2D eigenvalue weighted by atomic mass is 10.0. The van der Waals surface area contributed by atoms with Crippen LogP contribution >= 0.6 is 11.6 Å². The minimum absolute atomic E-state index is 0.0981. The van der Waals surface area contributed by atoms with Crippen molar-refractivity contribution in [2.75, 3.05) is 125 Å². The van der Waals surface area contributed by atoms with Crippen LogP contribution in [0.25, 0.3) is 9.69 Å². The molecule has 6 aliphatic rings. The number of amides is 2. The molecule has 2 aromatic carbocycles. The first-order valence-electron chi connectivity index (χ1n) is 26.6. The molecule has 4 fully saturated rings. The van der Waals surface area contributed by atoms with Gasteiger partial charge < -0.3 is 58.4 Å². The van der Waals surface area contributed by atoms with Crippen LogP contribution in [0.4, 0.5) is 36.2 Å². The Morgan fingerprint density at radius 3 is 1.55 bits per heavy atom. The molecule has 412 valence electrons. The van der Waals surface area contributed by atoms with Crippen molar-refractivity contribution in [1.29, 1.82) is 0 Å². The number of aromatic nitrogens is 4. The van der Waals surface area contributed by atoms with Gasteiger partial charge in [-0.15, -0.1) is 0 Å².